The van der Waals surface area contributed by atoms with Gasteiger partial charge in [0, 0.05) is 40.5 Å². The lowest BCUT2D eigenvalue weighted by Gasteiger charge is -2.37. The van der Waals surface area contributed by atoms with E-state index in [2.05, 4.69) is 10.3 Å². The third kappa shape index (κ3) is 4.72. The SMILES string of the molecule is Cc1cc(NCc2cccc(C(F)F)c2F)c2cc(C3(O)COC3)c(OCC(F)F)cc2n1. The van der Waals surface area contributed by atoms with Crippen LogP contribution < -0.4 is 10.1 Å². The maximum Gasteiger partial charge on any atom is 0.272 e. The Morgan fingerprint density at radius 1 is 1.18 bits per heavy atom. The summed E-state index contributed by atoms with van der Waals surface area (Å²) in [6, 6.07) is 8.50. The molecule has 176 valence electrons. The van der Waals surface area contributed by atoms with Gasteiger partial charge in [-0.3, -0.25) is 4.98 Å². The van der Waals surface area contributed by atoms with Crippen LogP contribution in [0.2, 0.25) is 0 Å². The standard InChI is InChI=1S/C23H21F5N2O3/c1-12-5-17(29-8-13-3-2-4-14(21(13)26)22(27)28)15-6-16(23(31)10-32-11-23)19(7-18(15)30-12)33-9-20(24)25/h2-7,20,22,31H,8-11H2,1H3,(H,29,30). The van der Waals surface area contributed by atoms with Crippen LogP contribution >= 0.6 is 0 Å². The monoisotopic (exact) mass is 468 g/mol. The van der Waals surface area contributed by atoms with Gasteiger partial charge in [0.2, 0.25) is 0 Å². The van der Waals surface area contributed by atoms with E-state index in [-0.39, 0.29) is 36.6 Å². The molecule has 1 aliphatic heterocycles. The van der Waals surface area contributed by atoms with Crippen molar-refractivity contribution in [2.45, 2.75) is 31.9 Å². The van der Waals surface area contributed by atoms with Crippen molar-refractivity contribution >= 4 is 16.6 Å². The van der Waals surface area contributed by atoms with Crippen molar-refractivity contribution in [3.63, 3.8) is 0 Å². The van der Waals surface area contributed by atoms with Gasteiger partial charge in [0.25, 0.3) is 12.9 Å². The highest BCUT2D eigenvalue weighted by Crippen LogP contribution is 2.40. The van der Waals surface area contributed by atoms with Gasteiger partial charge in [-0.25, -0.2) is 22.0 Å². The summed E-state index contributed by atoms with van der Waals surface area (Å²) in [5.41, 5.74) is -0.294. The molecule has 1 saturated heterocycles. The molecule has 0 spiro atoms. The maximum atomic E-state index is 14.4. The molecule has 2 heterocycles. The van der Waals surface area contributed by atoms with Crippen LogP contribution in [0.3, 0.4) is 0 Å². The van der Waals surface area contributed by atoms with E-state index in [1.165, 1.54) is 18.2 Å². The molecule has 0 saturated carbocycles. The maximum absolute atomic E-state index is 14.4. The van der Waals surface area contributed by atoms with Crippen molar-refractivity contribution in [3.8, 4) is 5.75 Å². The molecule has 1 fully saturated rings. The number of hydrogen-bond donors (Lipinski definition) is 2. The van der Waals surface area contributed by atoms with Gasteiger partial charge in [-0.2, -0.15) is 0 Å². The summed E-state index contributed by atoms with van der Waals surface area (Å²) in [5.74, 6) is -0.923. The third-order valence-corrected chi connectivity index (χ3v) is 5.40. The van der Waals surface area contributed by atoms with E-state index in [4.69, 9.17) is 9.47 Å². The lowest BCUT2D eigenvalue weighted by molar-refractivity contribution is -0.185. The van der Waals surface area contributed by atoms with E-state index in [9.17, 15) is 27.1 Å². The van der Waals surface area contributed by atoms with Crippen molar-refractivity contribution in [1.82, 2.24) is 4.98 Å². The molecule has 3 aromatic rings. The highest BCUT2D eigenvalue weighted by Gasteiger charge is 2.41. The lowest BCUT2D eigenvalue weighted by atomic mass is 9.89. The molecule has 33 heavy (non-hydrogen) atoms. The minimum absolute atomic E-state index is 0.0305. The number of anilines is 1. The first kappa shape index (κ1) is 23.2. The first-order valence-electron chi connectivity index (χ1n) is 10.1. The van der Waals surface area contributed by atoms with E-state index >= 15 is 0 Å². The summed E-state index contributed by atoms with van der Waals surface area (Å²) in [6.45, 7) is 0.710. The zero-order chi connectivity index (χ0) is 23.8. The zero-order valence-electron chi connectivity index (χ0n) is 17.5. The Hall–Kier alpha value is -2.98. The minimum Gasteiger partial charge on any atom is -0.487 e. The Morgan fingerprint density at radius 3 is 2.58 bits per heavy atom. The summed E-state index contributed by atoms with van der Waals surface area (Å²) >= 11 is 0. The summed E-state index contributed by atoms with van der Waals surface area (Å²) < 4.78 is 76.3. The Balaban J connectivity index is 1.73. The number of halogens is 5. The number of alkyl halides is 4. The van der Waals surface area contributed by atoms with E-state index in [0.29, 0.717) is 22.3 Å². The average Bonchev–Trinajstić information content (AvgIpc) is 2.74. The van der Waals surface area contributed by atoms with Gasteiger partial charge in [0.05, 0.1) is 24.3 Å². The molecule has 5 nitrogen and oxygen atoms in total. The quantitative estimate of drug-likeness (QED) is 0.451. The molecule has 0 atom stereocenters. The average molecular weight is 468 g/mol. The molecule has 2 N–H and O–H groups in total. The fraction of sp³-hybridized carbons (Fsp3) is 0.348. The van der Waals surface area contributed by atoms with Crippen LogP contribution in [0.1, 0.15) is 28.8 Å². The largest absolute Gasteiger partial charge is 0.487 e. The van der Waals surface area contributed by atoms with Crippen molar-refractivity contribution in [2.24, 2.45) is 0 Å². The van der Waals surface area contributed by atoms with Crippen LogP contribution in [0.5, 0.6) is 5.75 Å². The molecule has 1 aromatic heterocycles. The minimum atomic E-state index is -2.94. The first-order valence-corrected chi connectivity index (χ1v) is 10.1. The molecule has 0 bridgehead atoms. The van der Waals surface area contributed by atoms with Crippen LogP contribution in [0.15, 0.2) is 36.4 Å². The fourth-order valence-corrected chi connectivity index (χ4v) is 3.71. The van der Waals surface area contributed by atoms with Crippen molar-refractivity contribution in [1.29, 1.82) is 0 Å². The van der Waals surface area contributed by atoms with E-state index in [1.807, 2.05) is 0 Å². The number of rotatable bonds is 8. The number of benzene rings is 2. The van der Waals surface area contributed by atoms with Crippen LogP contribution in [-0.4, -0.2) is 36.3 Å². The number of aliphatic hydroxyl groups is 1. The summed E-state index contributed by atoms with van der Waals surface area (Å²) in [6.07, 6.45) is -5.64. The van der Waals surface area contributed by atoms with E-state index in [0.717, 1.165) is 6.07 Å². The number of hydrogen-bond acceptors (Lipinski definition) is 5. The first-order chi connectivity index (χ1) is 15.7. The molecule has 10 heteroatoms. The van der Waals surface area contributed by atoms with Crippen LogP contribution in [0, 0.1) is 12.7 Å². The molecule has 4 rings (SSSR count). The highest BCUT2D eigenvalue weighted by molar-refractivity contribution is 5.93. The number of pyridine rings is 1. The van der Waals surface area contributed by atoms with Gasteiger partial charge < -0.3 is 19.9 Å². The number of aromatic nitrogens is 1. The Morgan fingerprint density at radius 2 is 1.94 bits per heavy atom. The Labute approximate surface area is 186 Å². The number of nitrogens with zero attached hydrogens (tertiary/aromatic N) is 1. The second-order valence-electron chi connectivity index (χ2n) is 7.88. The smallest absolute Gasteiger partial charge is 0.272 e. The van der Waals surface area contributed by atoms with Gasteiger partial charge >= 0.3 is 0 Å². The van der Waals surface area contributed by atoms with Crippen LogP contribution in [-0.2, 0) is 16.9 Å². The van der Waals surface area contributed by atoms with Gasteiger partial charge in [-0.05, 0) is 19.1 Å². The number of ether oxygens (including phenoxy) is 2. The fourth-order valence-electron chi connectivity index (χ4n) is 3.71. The van der Waals surface area contributed by atoms with Crippen molar-refractivity contribution in [3.05, 3.63) is 64.6 Å². The number of fused-ring (bicyclic) bond motifs is 1. The Bertz CT molecular complexity index is 1170. The predicted molar refractivity (Wildman–Crippen MR) is 111 cm³/mol. The van der Waals surface area contributed by atoms with Gasteiger partial charge in [-0.15, -0.1) is 0 Å². The second kappa shape index (κ2) is 9.11. The molecule has 2 aromatic carbocycles. The third-order valence-electron chi connectivity index (χ3n) is 5.40. The van der Waals surface area contributed by atoms with Crippen molar-refractivity contribution < 1.29 is 36.5 Å². The molecular weight excluding hydrogens is 447 g/mol. The second-order valence-corrected chi connectivity index (χ2v) is 7.88. The topological polar surface area (TPSA) is 63.6 Å². The van der Waals surface area contributed by atoms with E-state index in [1.54, 1.807) is 19.1 Å². The number of aryl methyl sites for hydroxylation is 1. The summed E-state index contributed by atoms with van der Waals surface area (Å²) in [7, 11) is 0. The molecular formula is C23H21F5N2O3. The summed E-state index contributed by atoms with van der Waals surface area (Å²) in [4.78, 5) is 4.41. The molecule has 0 amide bonds. The van der Waals surface area contributed by atoms with Crippen molar-refractivity contribution in [2.75, 3.05) is 25.1 Å². The molecule has 0 radical (unpaired) electrons. The normalized spacial score (nSPS) is 15.2. The Kier molecular flexibility index (Phi) is 6.40. The highest BCUT2D eigenvalue weighted by atomic mass is 19.3. The molecule has 0 aliphatic carbocycles. The number of nitrogens with one attached hydrogen (secondary N) is 1. The van der Waals surface area contributed by atoms with Gasteiger partial charge in [-0.1, -0.05) is 18.2 Å². The zero-order valence-corrected chi connectivity index (χ0v) is 17.5. The van der Waals surface area contributed by atoms with Crippen LogP contribution in [0.4, 0.5) is 27.6 Å². The predicted octanol–water partition coefficient (Wildman–Crippen LogP) is 5.09. The lowest BCUT2D eigenvalue weighted by Crippen LogP contribution is -2.46. The molecule has 1 aliphatic rings. The summed E-state index contributed by atoms with van der Waals surface area (Å²) in [5, 5.41) is 14.4. The van der Waals surface area contributed by atoms with Gasteiger partial charge in [0.1, 0.15) is 23.8 Å². The van der Waals surface area contributed by atoms with Gasteiger partial charge in [0.15, 0.2) is 0 Å². The van der Waals surface area contributed by atoms with E-state index < -0.39 is 36.4 Å². The van der Waals surface area contributed by atoms with Crippen LogP contribution in [0.25, 0.3) is 10.9 Å². The molecule has 0 unspecified atom stereocenters.